The molecule has 3 aromatic carbocycles. The fourth-order valence-electron chi connectivity index (χ4n) is 3.83. The molecular formula is C25H26Cl2N2O3S. The highest BCUT2D eigenvalue weighted by Crippen LogP contribution is 2.28. The smallest absolute Gasteiger partial charge is 0.244 e. The van der Waals surface area contributed by atoms with Crippen molar-refractivity contribution < 1.29 is 13.2 Å². The molecule has 0 unspecified atom stereocenters. The summed E-state index contributed by atoms with van der Waals surface area (Å²) >= 11 is 12.2. The molecule has 0 heterocycles. The second-order valence-electron chi connectivity index (χ2n) is 8.11. The molecule has 0 aliphatic rings. The summed E-state index contributed by atoms with van der Waals surface area (Å²) in [7, 11) is -4.00. The maximum absolute atomic E-state index is 13.8. The third-order valence-electron chi connectivity index (χ3n) is 5.28. The highest BCUT2D eigenvalue weighted by molar-refractivity contribution is 7.89. The van der Waals surface area contributed by atoms with Gasteiger partial charge in [0.15, 0.2) is 0 Å². The summed E-state index contributed by atoms with van der Waals surface area (Å²) in [4.78, 5) is 13.1. The summed E-state index contributed by atoms with van der Waals surface area (Å²) in [6, 6.07) is 15.9. The van der Waals surface area contributed by atoms with Crippen molar-refractivity contribution in [3.63, 3.8) is 0 Å². The first kappa shape index (κ1) is 25.2. The zero-order chi connectivity index (χ0) is 24.3. The molecule has 0 spiro atoms. The first-order valence-electron chi connectivity index (χ1n) is 10.4. The lowest BCUT2D eigenvalue weighted by atomic mass is 10.1. The van der Waals surface area contributed by atoms with Crippen LogP contribution in [-0.4, -0.2) is 25.2 Å². The average Bonchev–Trinajstić information content (AvgIpc) is 2.71. The van der Waals surface area contributed by atoms with E-state index in [0.717, 1.165) is 11.1 Å². The number of sulfonamides is 1. The van der Waals surface area contributed by atoms with Gasteiger partial charge in [-0.1, -0.05) is 65.2 Å². The van der Waals surface area contributed by atoms with Gasteiger partial charge < -0.3 is 5.32 Å². The molecule has 174 valence electrons. The SMILES string of the molecule is Cc1cc(C)c(S(=O)(=O)N(CC(=O)Nc2ccccc2C)Cc2ccc(Cl)c(Cl)c2)c(C)c1. The average molecular weight is 505 g/mol. The molecule has 0 bridgehead atoms. The van der Waals surface area contributed by atoms with Crippen LogP contribution in [0, 0.1) is 27.7 Å². The number of halogens is 2. The van der Waals surface area contributed by atoms with E-state index in [9.17, 15) is 13.2 Å². The molecule has 0 aromatic heterocycles. The number of anilines is 1. The van der Waals surface area contributed by atoms with Crippen molar-refractivity contribution in [3.05, 3.63) is 92.5 Å². The summed E-state index contributed by atoms with van der Waals surface area (Å²) < 4.78 is 28.7. The van der Waals surface area contributed by atoms with Gasteiger partial charge in [0.05, 0.1) is 21.5 Å². The van der Waals surface area contributed by atoms with E-state index in [4.69, 9.17) is 23.2 Å². The fraction of sp³-hybridized carbons (Fsp3) is 0.240. The van der Waals surface area contributed by atoms with E-state index in [-0.39, 0.29) is 18.0 Å². The second kappa shape index (κ2) is 10.3. The van der Waals surface area contributed by atoms with Crippen molar-refractivity contribution in [2.75, 3.05) is 11.9 Å². The summed E-state index contributed by atoms with van der Waals surface area (Å²) in [6.45, 7) is 6.92. The largest absolute Gasteiger partial charge is 0.325 e. The zero-order valence-corrected chi connectivity index (χ0v) is 21.3. The molecule has 0 atom stereocenters. The van der Waals surface area contributed by atoms with Gasteiger partial charge in [-0.05, 0) is 68.1 Å². The monoisotopic (exact) mass is 504 g/mol. The van der Waals surface area contributed by atoms with Crippen LogP contribution in [-0.2, 0) is 21.4 Å². The number of amides is 1. The van der Waals surface area contributed by atoms with Gasteiger partial charge in [0.25, 0.3) is 0 Å². The van der Waals surface area contributed by atoms with Crippen molar-refractivity contribution in [2.24, 2.45) is 0 Å². The number of carbonyl (C=O) groups is 1. The maximum atomic E-state index is 13.8. The van der Waals surface area contributed by atoms with Crippen molar-refractivity contribution in [1.82, 2.24) is 4.31 Å². The van der Waals surface area contributed by atoms with E-state index in [1.165, 1.54) is 4.31 Å². The van der Waals surface area contributed by atoms with Gasteiger partial charge >= 0.3 is 0 Å². The molecule has 0 saturated carbocycles. The van der Waals surface area contributed by atoms with Crippen LogP contribution in [0.2, 0.25) is 10.0 Å². The van der Waals surface area contributed by atoms with Crippen molar-refractivity contribution >= 4 is 44.8 Å². The van der Waals surface area contributed by atoms with Crippen LogP contribution < -0.4 is 5.32 Å². The standard InChI is InChI=1S/C25H26Cl2N2O3S/c1-16-11-18(3)25(19(4)12-16)33(31,32)29(14-20-9-10-21(26)22(27)13-20)15-24(30)28-23-8-6-5-7-17(23)2/h5-13H,14-15H2,1-4H3,(H,28,30). The summed E-state index contributed by atoms with van der Waals surface area (Å²) in [5.74, 6) is -0.435. The fourth-order valence-corrected chi connectivity index (χ4v) is 5.95. The highest BCUT2D eigenvalue weighted by atomic mass is 35.5. The maximum Gasteiger partial charge on any atom is 0.244 e. The second-order valence-corrected chi connectivity index (χ2v) is 10.8. The van der Waals surface area contributed by atoms with Gasteiger partial charge in [-0.3, -0.25) is 4.79 Å². The van der Waals surface area contributed by atoms with E-state index in [0.29, 0.717) is 32.4 Å². The number of nitrogens with zero attached hydrogens (tertiary/aromatic N) is 1. The van der Waals surface area contributed by atoms with Gasteiger partial charge in [-0.25, -0.2) is 8.42 Å². The third-order valence-corrected chi connectivity index (χ3v) is 8.12. The molecule has 0 radical (unpaired) electrons. The molecular weight excluding hydrogens is 479 g/mol. The van der Waals surface area contributed by atoms with Crippen LogP contribution in [0.3, 0.4) is 0 Å². The first-order valence-corrected chi connectivity index (χ1v) is 12.6. The van der Waals surface area contributed by atoms with E-state index >= 15 is 0 Å². The molecule has 0 saturated heterocycles. The summed E-state index contributed by atoms with van der Waals surface area (Å²) in [6.07, 6.45) is 0. The molecule has 0 aliphatic heterocycles. The Kier molecular flexibility index (Phi) is 7.85. The van der Waals surface area contributed by atoms with Gasteiger partial charge in [0.2, 0.25) is 15.9 Å². The van der Waals surface area contributed by atoms with Crippen LogP contribution >= 0.6 is 23.2 Å². The third kappa shape index (κ3) is 5.95. The number of rotatable bonds is 7. The molecule has 1 N–H and O–H groups in total. The van der Waals surface area contributed by atoms with Crippen molar-refractivity contribution in [1.29, 1.82) is 0 Å². The highest BCUT2D eigenvalue weighted by Gasteiger charge is 2.30. The van der Waals surface area contributed by atoms with Crippen LogP contribution in [0.1, 0.15) is 27.8 Å². The van der Waals surface area contributed by atoms with E-state index in [2.05, 4.69) is 5.32 Å². The van der Waals surface area contributed by atoms with Crippen LogP contribution in [0.15, 0.2) is 59.5 Å². The Hall–Kier alpha value is -2.38. The number of carbonyl (C=O) groups excluding carboxylic acids is 1. The molecule has 1 amide bonds. The Morgan fingerprint density at radius 1 is 0.879 bits per heavy atom. The quantitative estimate of drug-likeness (QED) is 0.425. The lowest BCUT2D eigenvalue weighted by Crippen LogP contribution is -2.38. The molecule has 3 aromatic rings. The minimum atomic E-state index is -4.00. The zero-order valence-electron chi connectivity index (χ0n) is 18.9. The van der Waals surface area contributed by atoms with E-state index < -0.39 is 15.9 Å². The predicted octanol–water partition coefficient (Wildman–Crippen LogP) is 6.06. The number of benzene rings is 3. The number of para-hydroxylation sites is 1. The Balaban J connectivity index is 2.00. The minimum Gasteiger partial charge on any atom is -0.325 e. The molecule has 0 aliphatic carbocycles. The summed E-state index contributed by atoms with van der Waals surface area (Å²) in [5, 5.41) is 3.51. The number of aryl methyl sites for hydroxylation is 4. The number of nitrogens with one attached hydrogen (secondary N) is 1. The molecule has 0 fully saturated rings. The molecule has 3 rings (SSSR count). The Bertz CT molecular complexity index is 1280. The van der Waals surface area contributed by atoms with Gasteiger partial charge in [-0.2, -0.15) is 4.31 Å². The van der Waals surface area contributed by atoms with Gasteiger partial charge in [0.1, 0.15) is 0 Å². The topological polar surface area (TPSA) is 66.5 Å². The normalized spacial score (nSPS) is 11.6. The Morgan fingerprint density at radius 2 is 1.52 bits per heavy atom. The van der Waals surface area contributed by atoms with Crippen molar-refractivity contribution in [2.45, 2.75) is 39.1 Å². The predicted molar refractivity (Wildman–Crippen MR) is 135 cm³/mol. The molecule has 8 heteroatoms. The number of hydrogen-bond acceptors (Lipinski definition) is 3. The minimum absolute atomic E-state index is 0.0346. The lowest BCUT2D eigenvalue weighted by molar-refractivity contribution is -0.116. The van der Waals surface area contributed by atoms with Crippen LogP contribution in [0.5, 0.6) is 0 Å². The molecule has 33 heavy (non-hydrogen) atoms. The Morgan fingerprint density at radius 3 is 2.12 bits per heavy atom. The first-order chi connectivity index (χ1) is 15.5. The van der Waals surface area contributed by atoms with E-state index in [1.807, 2.05) is 44.2 Å². The molecule has 5 nitrogen and oxygen atoms in total. The van der Waals surface area contributed by atoms with Gasteiger partial charge in [-0.15, -0.1) is 0 Å². The van der Waals surface area contributed by atoms with Gasteiger partial charge in [0, 0.05) is 12.2 Å². The summed E-state index contributed by atoms with van der Waals surface area (Å²) in [5.41, 5.74) is 4.38. The number of hydrogen-bond donors (Lipinski definition) is 1. The van der Waals surface area contributed by atoms with Crippen LogP contribution in [0.4, 0.5) is 5.69 Å². The van der Waals surface area contributed by atoms with Crippen LogP contribution in [0.25, 0.3) is 0 Å². The van der Waals surface area contributed by atoms with Crippen molar-refractivity contribution in [3.8, 4) is 0 Å². The lowest BCUT2D eigenvalue weighted by Gasteiger charge is -2.24. The van der Waals surface area contributed by atoms with E-state index in [1.54, 1.807) is 38.1 Å². The Labute approximate surface area is 205 Å².